The second-order valence-electron chi connectivity index (χ2n) is 12.4. The van der Waals surface area contributed by atoms with E-state index in [9.17, 15) is 41.2 Å². The topological polar surface area (TPSA) is 79.7 Å². The van der Waals surface area contributed by atoms with Crippen LogP contribution in [0.5, 0.6) is 0 Å². The first-order chi connectivity index (χ1) is 20.5. The predicted molar refractivity (Wildman–Crippen MR) is 140 cm³/mol. The van der Waals surface area contributed by atoms with Crippen LogP contribution in [0.1, 0.15) is 55.7 Å². The lowest BCUT2D eigenvalue weighted by Gasteiger charge is -2.34. The number of rotatable bonds is 8. The molecule has 1 aromatic rings. The monoisotopic (exact) mass is 635 g/mol. The molecule has 0 radical (unpaired) electrons. The quantitative estimate of drug-likeness (QED) is 0.421. The summed E-state index contributed by atoms with van der Waals surface area (Å²) in [5.74, 6) is -8.98. The Morgan fingerprint density at radius 3 is 2.07 bits per heavy atom. The van der Waals surface area contributed by atoms with Crippen molar-refractivity contribution in [1.82, 2.24) is 20.0 Å². The molecule has 4 aliphatic rings. The van der Waals surface area contributed by atoms with Gasteiger partial charge in [0.1, 0.15) is 17.0 Å². The van der Waals surface area contributed by atoms with Crippen LogP contribution in [0.3, 0.4) is 0 Å². The third-order valence-corrected chi connectivity index (χ3v) is 9.47. The van der Waals surface area contributed by atoms with Crippen LogP contribution in [-0.2, 0) is 28.2 Å². The molecule has 2 amide bonds. The van der Waals surface area contributed by atoms with Crippen molar-refractivity contribution < 1.29 is 44.7 Å². The Balaban J connectivity index is 1.43. The summed E-state index contributed by atoms with van der Waals surface area (Å²) in [6.07, 6.45) is -11.8. The van der Waals surface area contributed by atoms with E-state index in [1.807, 2.05) is 17.9 Å². The fraction of sp³-hybridized carbons (Fsp3) is 0.690. The number of benzene rings is 1. The van der Waals surface area contributed by atoms with Gasteiger partial charge >= 0.3 is 12.4 Å². The van der Waals surface area contributed by atoms with E-state index in [2.05, 4.69) is 10.2 Å². The standard InChI is InChI=1S/C29H33F8N5O2/c1-2-40-9-11-41(12-10-40)15-18-3-4-20(21(13-18)28(32,33)34)27(30,31)19-14-22(23(43)39-25(17-38)5-6-25)42(16-19)24(44)26(7-8-26)29(35,36)37/h3-4,13,19,22H,2,5-12,14-16H2,1H3,(H,39,43)/t19-,22+/m1/s1. The highest BCUT2D eigenvalue weighted by Crippen LogP contribution is 2.60. The van der Waals surface area contributed by atoms with E-state index in [0.717, 1.165) is 19.6 Å². The van der Waals surface area contributed by atoms with Crippen LogP contribution >= 0.6 is 0 Å². The Hall–Kier alpha value is -2.99. The zero-order valence-corrected chi connectivity index (χ0v) is 24.0. The number of piperazine rings is 1. The number of hydrogen-bond donors (Lipinski definition) is 1. The van der Waals surface area contributed by atoms with Crippen molar-refractivity contribution in [2.75, 3.05) is 39.3 Å². The number of carbonyl (C=O) groups is 2. The smallest absolute Gasteiger partial charge is 0.336 e. The van der Waals surface area contributed by atoms with Crippen LogP contribution in [0.15, 0.2) is 18.2 Å². The molecule has 0 unspecified atom stereocenters. The number of nitrogens with zero attached hydrogens (tertiary/aromatic N) is 4. The van der Waals surface area contributed by atoms with Gasteiger partial charge in [-0.25, -0.2) is 8.78 Å². The summed E-state index contributed by atoms with van der Waals surface area (Å²) >= 11 is 0. The van der Waals surface area contributed by atoms with Gasteiger partial charge in [-0.3, -0.25) is 14.5 Å². The molecular formula is C29H33F8N5O2. The van der Waals surface area contributed by atoms with Gasteiger partial charge in [0, 0.05) is 50.7 Å². The van der Waals surface area contributed by atoms with Gasteiger partial charge in [0.05, 0.1) is 11.6 Å². The molecule has 15 heteroatoms. The van der Waals surface area contributed by atoms with E-state index in [1.165, 1.54) is 6.07 Å². The molecule has 0 aromatic heterocycles. The number of nitrogens with one attached hydrogen (secondary N) is 1. The Kier molecular flexibility index (Phi) is 8.19. The average molecular weight is 636 g/mol. The van der Waals surface area contributed by atoms with Crippen LogP contribution in [0.4, 0.5) is 35.1 Å². The molecule has 0 bridgehead atoms. The largest absolute Gasteiger partial charge is 0.416 e. The molecule has 1 N–H and O–H groups in total. The van der Waals surface area contributed by atoms with Crippen molar-refractivity contribution >= 4 is 11.8 Å². The van der Waals surface area contributed by atoms with Gasteiger partial charge in [0.15, 0.2) is 0 Å². The molecule has 2 atom stereocenters. The number of likely N-dealkylation sites (tertiary alicyclic amines) is 1. The van der Waals surface area contributed by atoms with Crippen molar-refractivity contribution in [3.63, 3.8) is 0 Å². The van der Waals surface area contributed by atoms with E-state index in [1.54, 1.807) is 0 Å². The highest BCUT2D eigenvalue weighted by atomic mass is 19.4. The molecule has 2 aliphatic carbocycles. The molecule has 5 rings (SSSR count). The second-order valence-corrected chi connectivity index (χ2v) is 12.4. The maximum atomic E-state index is 16.1. The maximum Gasteiger partial charge on any atom is 0.416 e. The highest BCUT2D eigenvalue weighted by molar-refractivity contribution is 5.93. The van der Waals surface area contributed by atoms with Gasteiger partial charge in [0.25, 0.3) is 5.92 Å². The molecule has 0 spiro atoms. The number of carbonyl (C=O) groups excluding carboxylic acids is 2. The summed E-state index contributed by atoms with van der Waals surface area (Å²) in [4.78, 5) is 30.8. The normalized spacial score (nSPS) is 25.4. The molecule has 7 nitrogen and oxygen atoms in total. The Morgan fingerprint density at radius 1 is 0.955 bits per heavy atom. The molecule has 44 heavy (non-hydrogen) atoms. The van der Waals surface area contributed by atoms with E-state index < -0.39 is 89.9 Å². The van der Waals surface area contributed by atoms with E-state index in [0.29, 0.717) is 30.1 Å². The first kappa shape index (κ1) is 32.4. The number of likely N-dealkylation sites (N-methyl/N-ethyl adjacent to an activating group) is 1. The Morgan fingerprint density at radius 2 is 1.57 bits per heavy atom. The number of nitriles is 1. The fourth-order valence-corrected chi connectivity index (χ4v) is 6.26. The average Bonchev–Trinajstić information content (AvgIpc) is 3.88. The number of hydrogen-bond acceptors (Lipinski definition) is 5. The van der Waals surface area contributed by atoms with Crippen molar-refractivity contribution in [2.45, 2.75) is 75.4 Å². The third-order valence-electron chi connectivity index (χ3n) is 9.47. The summed E-state index contributed by atoms with van der Waals surface area (Å²) in [7, 11) is 0. The zero-order valence-electron chi connectivity index (χ0n) is 24.0. The second kappa shape index (κ2) is 11.1. The first-order valence-corrected chi connectivity index (χ1v) is 14.6. The van der Waals surface area contributed by atoms with Crippen LogP contribution in [-0.4, -0.2) is 83.5 Å². The van der Waals surface area contributed by atoms with Crippen molar-refractivity contribution in [2.24, 2.45) is 11.3 Å². The van der Waals surface area contributed by atoms with Crippen molar-refractivity contribution in [3.8, 4) is 6.07 Å². The summed E-state index contributed by atoms with van der Waals surface area (Å²) in [5.41, 5.74) is -6.90. The lowest BCUT2D eigenvalue weighted by Crippen LogP contribution is -2.53. The Labute approximate surface area is 249 Å². The number of halogens is 8. The molecule has 2 aliphatic heterocycles. The van der Waals surface area contributed by atoms with Crippen molar-refractivity contribution in [1.29, 1.82) is 5.26 Å². The van der Waals surface area contributed by atoms with Crippen LogP contribution in [0.25, 0.3) is 0 Å². The maximum absolute atomic E-state index is 16.1. The lowest BCUT2D eigenvalue weighted by molar-refractivity contribution is -0.199. The minimum Gasteiger partial charge on any atom is -0.336 e. The first-order valence-electron chi connectivity index (χ1n) is 14.6. The Bertz CT molecular complexity index is 1320. The van der Waals surface area contributed by atoms with E-state index >= 15 is 8.78 Å². The highest BCUT2D eigenvalue weighted by Gasteiger charge is 2.71. The van der Waals surface area contributed by atoms with Crippen LogP contribution < -0.4 is 5.32 Å². The van der Waals surface area contributed by atoms with Gasteiger partial charge in [-0.15, -0.1) is 0 Å². The molecule has 2 heterocycles. The number of alkyl halides is 8. The zero-order chi connectivity index (χ0) is 32.3. The fourth-order valence-electron chi connectivity index (χ4n) is 6.26. The molecule has 4 fully saturated rings. The van der Waals surface area contributed by atoms with Gasteiger partial charge in [0.2, 0.25) is 11.8 Å². The minimum atomic E-state index is -5.18. The number of amides is 2. The third kappa shape index (κ3) is 5.99. The van der Waals surface area contributed by atoms with E-state index in [4.69, 9.17) is 0 Å². The molecule has 2 saturated carbocycles. The van der Waals surface area contributed by atoms with Crippen molar-refractivity contribution in [3.05, 3.63) is 34.9 Å². The summed E-state index contributed by atoms with van der Waals surface area (Å²) in [6, 6.07) is 2.59. The van der Waals surface area contributed by atoms with Gasteiger partial charge in [-0.2, -0.15) is 31.6 Å². The van der Waals surface area contributed by atoms with Gasteiger partial charge < -0.3 is 15.1 Å². The minimum absolute atomic E-state index is 0.112. The molecular weight excluding hydrogens is 602 g/mol. The summed E-state index contributed by atoms with van der Waals surface area (Å²) in [5, 5.41) is 11.7. The summed E-state index contributed by atoms with van der Waals surface area (Å²) in [6.45, 7) is 4.51. The predicted octanol–water partition coefficient (Wildman–Crippen LogP) is 4.67. The van der Waals surface area contributed by atoms with Crippen LogP contribution in [0.2, 0.25) is 0 Å². The SMILES string of the molecule is CCN1CCN(Cc2ccc(C(F)(F)[C@@H]3C[C@@H](C(=O)NC4(C#N)CC4)N(C(=O)C4(C(F)(F)F)CC4)C3)c(C(F)(F)F)c2)CC1. The van der Waals surface area contributed by atoms with Gasteiger partial charge in [-0.1, -0.05) is 19.1 Å². The van der Waals surface area contributed by atoms with Gasteiger partial charge in [-0.05, 0) is 50.3 Å². The molecule has 1 aromatic carbocycles. The summed E-state index contributed by atoms with van der Waals surface area (Å²) < 4.78 is 116. The lowest BCUT2D eigenvalue weighted by atomic mass is 9.88. The van der Waals surface area contributed by atoms with E-state index in [-0.39, 0.29) is 24.9 Å². The van der Waals surface area contributed by atoms with Crippen LogP contribution in [0, 0.1) is 22.7 Å². The molecule has 242 valence electrons. The molecule has 2 saturated heterocycles.